The largest absolute Gasteiger partial charge is 0.387 e. The number of hydrogen-bond donors (Lipinski definition) is 1. The van der Waals surface area contributed by atoms with Crippen molar-refractivity contribution in [1.82, 2.24) is 9.88 Å². The number of fused-ring (bicyclic) bond motifs is 2. The van der Waals surface area contributed by atoms with Gasteiger partial charge in [-0.3, -0.25) is 4.98 Å². The molecular weight excluding hydrogens is 464 g/mol. The summed E-state index contributed by atoms with van der Waals surface area (Å²) in [6.45, 7) is 7.56. The zero-order valence-corrected chi connectivity index (χ0v) is 25.0. The van der Waals surface area contributed by atoms with Gasteiger partial charge in [-0.2, -0.15) is 0 Å². The fourth-order valence-electron chi connectivity index (χ4n) is 6.11. The first kappa shape index (κ1) is 31.1. The number of aryl methyl sites for hydroxylation is 2. The van der Waals surface area contributed by atoms with Crippen LogP contribution < -0.4 is 0 Å². The molecule has 38 heavy (non-hydrogen) atoms. The van der Waals surface area contributed by atoms with Crippen LogP contribution in [0.3, 0.4) is 0 Å². The second-order valence-electron chi connectivity index (χ2n) is 12.0. The van der Waals surface area contributed by atoms with Crippen molar-refractivity contribution in [3.8, 4) is 0 Å². The van der Waals surface area contributed by atoms with Crippen molar-refractivity contribution >= 4 is 10.9 Å². The molecule has 0 unspecified atom stereocenters. The number of hydrogen-bond acceptors (Lipinski definition) is 3. The number of pyridine rings is 1. The molecule has 0 saturated carbocycles. The third-order valence-electron chi connectivity index (χ3n) is 8.59. The highest BCUT2D eigenvalue weighted by molar-refractivity contribution is 5.80. The van der Waals surface area contributed by atoms with E-state index in [-0.39, 0.29) is 0 Å². The van der Waals surface area contributed by atoms with E-state index in [1.165, 1.54) is 132 Å². The Labute approximate surface area is 234 Å². The van der Waals surface area contributed by atoms with Gasteiger partial charge in [0.15, 0.2) is 0 Å². The molecule has 0 aliphatic heterocycles. The van der Waals surface area contributed by atoms with Crippen LogP contribution in [0.5, 0.6) is 0 Å². The van der Waals surface area contributed by atoms with E-state index in [0.717, 1.165) is 43.6 Å². The van der Waals surface area contributed by atoms with Gasteiger partial charge in [-0.25, -0.2) is 0 Å². The summed E-state index contributed by atoms with van der Waals surface area (Å²) in [7, 11) is 0. The normalized spacial score (nSPS) is 14.3. The second kappa shape index (κ2) is 18.8. The van der Waals surface area contributed by atoms with E-state index in [1.54, 1.807) is 0 Å². The smallest absolute Gasteiger partial charge is 0.0917 e. The summed E-state index contributed by atoms with van der Waals surface area (Å²) < 4.78 is 0. The average Bonchev–Trinajstić information content (AvgIpc) is 2.94. The van der Waals surface area contributed by atoms with E-state index in [2.05, 4.69) is 43.0 Å². The van der Waals surface area contributed by atoms with Gasteiger partial charge >= 0.3 is 0 Å². The Hall–Kier alpha value is -1.45. The Morgan fingerprint density at radius 2 is 1.26 bits per heavy atom. The number of benzene rings is 1. The van der Waals surface area contributed by atoms with Gasteiger partial charge in [0.25, 0.3) is 0 Å². The molecule has 0 radical (unpaired) electrons. The van der Waals surface area contributed by atoms with E-state index in [0.29, 0.717) is 0 Å². The van der Waals surface area contributed by atoms with Crippen molar-refractivity contribution in [3.05, 3.63) is 41.1 Å². The average molecular weight is 523 g/mol. The monoisotopic (exact) mass is 522 g/mol. The minimum absolute atomic E-state index is 0.432. The summed E-state index contributed by atoms with van der Waals surface area (Å²) in [5.74, 6) is 0. The van der Waals surface area contributed by atoms with Crippen molar-refractivity contribution in [3.63, 3.8) is 0 Å². The molecule has 3 heteroatoms. The van der Waals surface area contributed by atoms with Gasteiger partial charge in [0.1, 0.15) is 0 Å². The van der Waals surface area contributed by atoms with Gasteiger partial charge < -0.3 is 10.0 Å². The molecular formula is C35H58N2O. The van der Waals surface area contributed by atoms with Crippen LogP contribution >= 0.6 is 0 Å². The summed E-state index contributed by atoms with van der Waals surface area (Å²) in [4.78, 5) is 7.50. The quantitative estimate of drug-likeness (QED) is 0.166. The molecule has 1 aromatic heterocycles. The maximum atomic E-state index is 11.3. The highest BCUT2D eigenvalue weighted by Crippen LogP contribution is 2.26. The molecule has 0 saturated heterocycles. The Balaban J connectivity index is 1.49. The lowest BCUT2D eigenvalue weighted by Gasteiger charge is -2.26. The Kier molecular flexibility index (Phi) is 15.4. The second-order valence-corrected chi connectivity index (χ2v) is 12.0. The highest BCUT2D eigenvalue weighted by Gasteiger charge is 2.16. The Morgan fingerprint density at radius 1 is 0.711 bits per heavy atom. The van der Waals surface area contributed by atoms with Crippen molar-refractivity contribution in [2.75, 3.05) is 19.6 Å². The predicted molar refractivity (Wildman–Crippen MR) is 165 cm³/mol. The van der Waals surface area contributed by atoms with Gasteiger partial charge in [-0.1, -0.05) is 110 Å². The third kappa shape index (κ3) is 11.3. The van der Waals surface area contributed by atoms with E-state index in [9.17, 15) is 5.11 Å². The highest BCUT2D eigenvalue weighted by atomic mass is 16.3. The van der Waals surface area contributed by atoms with Crippen LogP contribution in [0.15, 0.2) is 24.3 Å². The molecule has 1 aliphatic rings. The van der Waals surface area contributed by atoms with Crippen LogP contribution in [0.4, 0.5) is 0 Å². The summed E-state index contributed by atoms with van der Waals surface area (Å²) in [6, 6.07) is 8.78. The molecule has 0 spiro atoms. The van der Waals surface area contributed by atoms with Crippen molar-refractivity contribution < 1.29 is 5.11 Å². The first-order valence-corrected chi connectivity index (χ1v) is 16.5. The number of aromatic nitrogens is 1. The van der Waals surface area contributed by atoms with Crippen LogP contribution in [0.2, 0.25) is 0 Å². The van der Waals surface area contributed by atoms with Crippen LogP contribution in [0.25, 0.3) is 10.9 Å². The molecule has 3 rings (SSSR count). The third-order valence-corrected chi connectivity index (χ3v) is 8.59. The molecule has 1 heterocycles. The molecule has 1 N–H and O–H groups in total. The van der Waals surface area contributed by atoms with Gasteiger partial charge in [-0.15, -0.1) is 0 Å². The molecule has 2 aromatic rings. The number of rotatable bonds is 21. The number of nitrogens with zero attached hydrogens (tertiary/aromatic N) is 2. The van der Waals surface area contributed by atoms with Crippen molar-refractivity contribution in [1.29, 1.82) is 0 Å². The maximum Gasteiger partial charge on any atom is 0.0917 e. The van der Waals surface area contributed by atoms with Gasteiger partial charge in [0.05, 0.1) is 11.6 Å². The van der Waals surface area contributed by atoms with E-state index in [4.69, 9.17) is 4.98 Å². The first-order valence-electron chi connectivity index (χ1n) is 16.5. The number of aliphatic hydroxyl groups is 1. The molecule has 0 amide bonds. The fraction of sp³-hybridized carbons (Fsp3) is 0.743. The predicted octanol–water partition coefficient (Wildman–Crippen LogP) is 9.73. The Morgan fingerprint density at radius 3 is 1.87 bits per heavy atom. The standard InChI is InChI=1S/C35H58N2O/c1-3-5-7-9-11-13-15-19-25-37(26-20-16-14-12-10-8-6-4-2)29-35(38)31-23-24-34-32(28-31)27-30-21-17-18-22-33(30)36-34/h23-24,27-28,35,38H,3-22,25-26,29H2,1-2H3/t35-/m1/s1. The first-order chi connectivity index (χ1) is 18.7. The zero-order chi connectivity index (χ0) is 26.8. The lowest BCUT2D eigenvalue weighted by Crippen LogP contribution is -2.31. The summed E-state index contributed by atoms with van der Waals surface area (Å²) >= 11 is 0. The van der Waals surface area contributed by atoms with Gasteiger partial charge in [0, 0.05) is 17.6 Å². The Bertz CT molecular complexity index is 875. The summed E-state index contributed by atoms with van der Waals surface area (Å²) in [5, 5.41) is 12.5. The lowest BCUT2D eigenvalue weighted by molar-refractivity contribution is 0.110. The number of aliphatic hydroxyl groups excluding tert-OH is 1. The molecule has 214 valence electrons. The number of unbranched alkanes of at least 4 members (excludes halogenated alkanes) is 14. The molecule has 1 aromatic carbocycles. The van der Waals surface area contributed by atoms with E-state index in [1.807, 2.05) is 0 Å². The van der Waals surface area contributed by atoms with Crippen LogP contribution in [-0.2, 0) is 12.8 Å². The van der Waals surface area contributed by atoms with Crippen LogP contribution in [0, 0.1) is 0 Å². The SMILES string of the molecule is CCCCCCCCCCN(CCCCCCCCCC)C[C@@H](O)c1ccc2nc3c(cc2c1)CCCC3. The van der Waals surface area contributed by atoms with Crippen molar-refractivity contribution in [2.24, 2.45) is 0 Å². The molecule has 0 bridgehead atoms. The minimum Gasteiger partial charge on any atom is -0.387 e. The molecule has 1 aliphatic carbocycles. The van der Waals surface area contributed by atoms with Crippen molar-refractivity contribution in [2.45, 2.75) is 148 Å². The summed E-state index contributed by atoms with van der Waals surface area (Å²) in [6.07, 6.45) is 26.0. The van der Waals surface area contributed by atoms with Crippen LogP contribution in [0.1, 0.15) is 152 Å². The van der Waals surface area contributed by atoms with Gasteiger partial charge in [0.2, 0.25) is 0 Å². The van der Waals surface area contributed by atoms with E-state index < -0.39 is 6.10 Å². The fourth-order valence-corrected chi connectivity index (χ4v) is 6.11. The zero-order valence-electron chi connectivity index (χ0n) is 25.0. The summed E-state index contributed by atoms with van der Waals surface area (Å²) in [5.41, 5.74) is 4.84. The minimum atomic E-state index is -0.432. The van der Waals surface area contributed by atoms with E-state index >= 15 is 0 Å². The maximum absolute atomic E-state index is 11.3. The molecule has 3 nitrogen and oxygen atoms in total. The molecule has 0 fully saturated rings. The molecule has 1 atom stereocenters. The lowest BCUT2D eigenvalue weighted by atomic mass is 9.94. The van der Waals surface area contributed by atoms with Crippen LogP contribution in [-0.4, -0.2) is 34.6 Å². The van der Waals surface area contributed by atoms with Gasteiger partial charge in [-0.05, 0) is 80.9 Å². The topological polar surface area (TPSA) is 36.4 Å².